The number of rotatable bonds is 6. The maximum Gasteiger partial charge on any atom is 0.129 e. The van der Waals surface area contributed by atoms with Crippen LogP contribution in [0.15, 0.2) is 110 Å². The highest BCUT2D eigenvalue weighted by atomic mass is 16.5. The molecule has 0 unspecified atom stereocenters. The third kappa shape index (κ3) is 4.71. The van der Waals surface area contributed by atoms with Gasteiger partial charge in [-0.25, -0.2) is 0 Å². The molecule has 0 spiro atoms. The van der Waals surface area contributed by atoms with E-state index in [2.05, 4.69) is 92.5 Å². The van der Waals surface area contributed by atoms with Gasteiger partial charge in [0.05, 0.1) is 24.7 Å². The van der Waals surface area contributed by atoms with Crippen LogP contribution in [0.5, 0.6) is 11.5 Å². The molecule has 7 nitrogen and oxygen atoms in total. The van der Waals surface area contributed by atoms with Gasteiger partial charge in [0.25, 0.3) is 0 Å². The van der Waals surface area contributed by atoms with Gasteiger partial charge in [-0.1, -0.05) is 12.1 Å². The van der Waals surface area contributed by atoms with Gasteiger partial charge in [-0.3, -0.25) is 9.97 Å². The van der Waals surface area contributed by atoms with Crippen LogP contribution in [0.4, 0.5) is 11.4 Å². The highest BCUT2D eigenvalue weighted by molar-refractivity contribution is 5.82. The third-order valence-corrected chi connectivity index (χ3v) is 6.40. The standard InChI is InChI=1S/C30H28N6O/c1-33-19-29(23-7-5-13-31-17-23)35(21-33)25-9-3-11-27(15-25)37-28-12-4-10-26(16-28)36-22-34(2)20-30(36)24-8-6-14-32-18-24/h3-20H,21-22H2,1-2H3. The first-order chi connectivity index (χ1) is 18.1. The van der Waals surface area contributed by atoms with Gasteiger partial charge in [-0.2, -0.15) is 0 Å². The van der Waals surface area contributed by atoms with Crippen molar-refractivity contribution in [3.8, 4) is 11.5 Å². The molecule has 4 aromatic rings. The lowest BCUT2D eigenvalue weighted by atomic mass is 10.2. The molecule has 0 radical (unpaired) electrons. The van der Waals surface area contributed by atoms with E-state index in [4.69, 9.17) is 4.74 Å². The third-order valence-electron chi connectivity index (χ3n) is 6.40. The molecule has 0 amide bonds. The van der Waals surface area contributed by atoms with Crippen molar-refractivity contribution in [1.82, 2.24) is 19.8 Å². The molecule has 0 atom stereocenters. The van der Waals surface area contributed by atoms with Crippen LogP contribution in [0.25, 0.3) is 11.4 Å². The highest BCUT2D eigenvalue weighted by Gasteiger charge is 2.23. The average molecular weight is 489 g/mol. The van der Waals surface area contributed by atoms with Crippen molar-refractivity contribution in [2.24, 2.45) is 0 Å². The molecule has 0 aliphatic carbocycles. The highest BCUT2D eigenvalue weighted by Crippen LogP contribution is 2.36. The maximum atomic E-state index is 6.37. The van der Waals surface area contributed by atoms with E-state index in [1.54, 1.807) is 12.4 Å². The summed E-state index contributed by atoms with van der Waals surface area (Å²) in [6.45, 7) is 1.52. The largest absolute Gasteiger partial charge is 0.457 e. The number of hydrogen-bond acceptors (Lipinski definition) is 7. The van der Waals surface area contributed by atoms with E-state index < -0.39 is 0 Å². The minimum absolute atomic E-state index is 0.759. The Morgan fingerprint density at radius 1 is 0.622 bits per heavy atom. The average Bonchev–Trinajstić information content (AvgIpc) is 3.53. The van der Waals surface area contributed by atoms with E-state index in [-0.39, 0.29) is 0 Å². The lowest BCUT2D eigenvalue weighted by molar-refractivity contribution is 0.479. The Morgan fingerprint density at radius 2 is 1.11 bits per heavy atom. The summed E-state index contributed by atoms with van der Waals surface area (Å²) in [5, 5.41) is 0. The van der Waals surface area contributed by atoms with Crippen molar-refractivity contribution in [2.75, 3.05) is 37.2 Å². The van der Waals surface area contributed by atoms with E-state index in [9.17, 15) is 0 Å². The van der Waals surface area contributed by atoms with E-state index in [0.29, 0.717) is 0 Å². The zero-order valence-corrected chi connectivity index (χ0v) is 20.9. The molecule has 4 heterocycles. The van der Waals surface area contributed by atoms with E-state index >= 15 is 0 Å². The Morgan fingerprint density at radius 3 is 1.54 bits per heavy atom. The number of benzene rings is 2. The molecule has 2 aromatic heterocycles. The van der Waals surface area contributed by atoms with Gasteiger partial charge in [-0.05, 0) is 48.5 Å². The topological polar surface area (TPSA) is 48.0 Å². The van der Waals surface area contributed by atoms with Gasteiger partial charge >= 0.3 is 0 Å². The molecular formula is C30H28N6O. The molecule has 2 aromatic carbocycles. The van der Waals surface area contributed by atoms with Gasteiger partial charge in [0.2, 0.25) is 0 Å². The SMILES string of the molecule is CN1C=C(c2cccnc2)N(c2cccc(Oc3cccc(N4CN(C)C=C4c4cccnc4)c3)c2)C1. The van der Waals surface area contributed by atoms with E-state index in [1.807, 2.05) is 48.8 Å². The number of ether oxygens (including phenoxy) is 1. The Hall–Kier alpha value is -4.78. The van der Waals surface area contributed by atoms with Crippen LogP contribution < -0.4 is 14.5 Å². The summed E-state index contributed by atoms with van der Waals surface area (Å²) in [4.78, 5) is 17.5. The lowest BCUT2D eigenvalue weighted by Crippen LogP contribution is -2.24. The van der Waals surface area contributed by atoms with Crippen LogP contribution >= 0.6 is 0 Å². The zero-order chi connectivity index (χ0) is 25.2. The molecule has 0 saturated carbocycles. The van der Waals surface area contributed by atoms with Crippen molar-refractivity contribution < 1.29 is 4.74 Å². The minimum atomic E-state index is 0.759. The van der Waals surface area contributed by atoms with Crippen molar-refractivity contribution in [2.45, 2.75) is 0 Å². The second-order valence-corrected chi connectivity index (χ2v) is 9.26. The summed E-state index contributed by atoms with van der Waals surface area (Å²) in [6.07, 6.45) is 11.7. The fourth-order valence-electron chi connectivity index (χ4n) is 4.73. The molecule has 0 N–H and O–H groups in total. The first-order valence-corrected chi connectivity index (χ1v) is 12.2. The summed E-state index contributed by atoms with van der Waals surface area (Å²) < 4.78 is 6.37. The minimum Gasteiger partial charge on any atom is -0.457 e. The summed E-state index contributed by atoms with van der Waals surface area (Å²) in [5.74, 6) is 1.58. The smallest absolute Gasteiger partial charge is 0.129 e. The number of nitrogens with zero attached hydrogens (tertiary/aromatic N) is 6. The summed E-state index contributed by atoms with van der Waals surface area (Å²) in [5.41, 5.74) is 6.52. The fourth-order valence-corrected chi connectivity index (χ4v) is 4.73. The second-order valence-electron chi connectivity index (χ2n) is 9.26. The van der Waals surface area contributed by atoms with Crippen LogP contribution in [0, 0.1) is 0 Å². The molecule has 37 heavy (non-hydrogen) atoms. The summed E-state index contributed by atoms with van der Waals surface area (Å²) >= 11 is 0. The Kier molecular flexibility index (Phi) is 5.94. The molecule has 7 heteroatoms. The van der Waals surface area contributed by atoms with Gasteiger partial charge in [0.1, 0.15) is 11.5 Å². The molecule has 0 saturated heterocycles. The van der Waals surface area contributed by atoms with Crippen molar-refractivity contribution >= 4 is 22.8 Å². The van der Waals surface area contributed by atoms with Gasteiger partial charge in [0, 0.05) is 85.9 Å². The molecular weight excluding hydrogens is 460 g/mol. The van der Waals surface area contributed by atoms with E-state index in [1.165, 1.54) is 0 Å². The first kappa shape index (κ1) is 22.7. The van der Waals surface area contributed by atoms with Crippen LogP contribution in [-0.4, -0.2) is 47.2 Å². The van der Waals surface area contributed by atoms with Gasteiger partial charge in [0.15, 0.2) is 0 Å². The molecule has 6 rings (SSSR count). The van der Waals surface area contributed by atoms with Crippen molar-refractivity contribution in [3.05, 3.63) is 121 Å². The van der Waals surface area contributed by atoms with Crippen molar-refractivity contribution in [1.29, 1.82) is 0 Å². The number of pyridine rings is 2. The maximum absolute atomic E-state index is 6.37. The zero-order valence-electron chi connectivity index (χ0n) is 20.9. The molecule has 0 bridgehead atoms. The molecule has 0 fully saturated rings. The fraction of sp³-hybridized carbons (Fsp3) is 0.133. The normalized spacial score (nSPS) is 15.2. The number of aromatic nitrogens is 2. The molecule has 184 valence electrons. The lowest BCUT2D eigenvalue weighted by Gasteiger charge is -2.24. The first-order valence-electron chi connectivity index (χ1n) is 12.2. The van der Waals surface area contributed by atoms with Crippen LogP contribution in [0.1, 0.15) is 11.1 Å². The van der Waals surface area contributed by atoms with Crippen LogP contribution in [0.2, 0.25) is 0 Å². The van der Waals surface area contributed by atoms with Crippen molar-refractivity contribution in [3.63, 3.8) is 0 Å². The van der Waals surface area contributed by atoms with Crippen LogP contribution in [0.3, 0.4) is 0 Å². The van der Waals surface area contributed by atoms with Crippen LogP contribution in [-0.2, 0) is 0 Å². The molecule has 2 aliphatic rings. The summed E-state index contributed by atoms with van der Waals surface area (Å²) in [6, 6.07) is 24.5. The molecule has 2 aliphatic heterocycles. The Balaban J connectivity index is 1.24. The van der Waals surface area contributed by atoms with E-state index in [0.717, 1.165) is 58.7 Å². The van der Waals surface area contributed by atoms with Gasteiger partial charge < -0.3 is 24.3 Å². The summed E-state index contributed by atoms with van der Waals surface area (Å²) in [7, 11) is 4.15. The predicted molar refractivity (Wildman–Crippen MR) is 148 cm³/mol. The quantitative estimate of drug-likeness (QED) is 0.346. The number of anilines is 2. The number of hydrogen-bond donors (Lipinski definition) is 0. The Labute approximate surface area is 217 Å². The monoisotopic (exact) mass is 488 g/mol. The Bertz CT molecular complexity index is 1340. The van der Waals surface area contributed by atoms with Gasteiger partial charge in [-0.15, -0.1) is 0 Å². The second kappa shape index (κ2) is 9.70. The predicted octanol–water partition coefficient (Wildman–Crippen LogP) is 5.68.